The van der Waals surface area contributed by atoms with E-state index in [0.717, 1.165) is 10.7 Å². The highest BCUT2D eigenvalue weighted by molar-refractivity contribution is 7.09. The van der Waals surface area contributed by atoms with Crippen LogP contribution in [0.4, 0.5) is 0 Å². The normalized spacial score (nSPS) is 13.1. The van der Waals surface area contributed by atoms with Crippen LogP contribution in [-0.4, -0.2) is 34.6 Å². The zero-order valence-corrected chi connectivity index (χ0v) is 10.0. The maximum absolute atomic E-state index is 10.7. The quantitative estimate of drug-likeness (QED) is 0.831. The van der Waals surface area contributed by atoms with Gasteiger partial charge in [0.2, 0.25) is 0 Å². The van der Waals surface area contributed by atoms with Gasteiger partial charge >= 0.3 is 5.97 Å². The van der Waals surface area contributed by atoms with E-state index in [1.165, 1.54) is 0 Å². The molecule has 0 fully saturated rings. The average Bonchev–Trinajstić information content (AvgIpc) is 2.50. The molecule has 1 unspecified atom stereocenters. The molecule has 0 aliphatic carbocycles. The van der Waals surface area contributed by atoms with Crippen LogP contribution in [0.2, 0.25) is 0 Å². The summed E-state index contributed by atoms with van der Waals surface area (Å²) in [6.45, 7) is 4.94. The molecule has 15 heavy (non-hydrogen) atoms. The Balaban J connectivity index is 2.42. The standard InChI is InChI=1S/C10H16N2O2S/c1-7(10(13)14)4-12(3)5-9-6-15-8(2)11-9/h6-7H,4-5H2,1-3H3,(H,13,14). The van der Waals surface area contributed by atoms with Crippen LogP contribution in [0.1, 0.15) is 17.6 Å². The third kappa shape index (κ3) is 3.97. The van der Waals surface area contributed by atoms with Gasteiger partial charge in [-0.3, -0.25) is 9.69 Å². The van der Waals surface area contributed by atoms with Gasteiger partial charge in [0.15, 0.2) is 0 Å². The fourth-order valence-electron chi connectivity index (χ4n) is 1.37. The summed E-state index contributed by atoms with van der Waals surface area (Å²) in [6, 6.07) is 0. The van der Waals surface area contributed by atoms with Gasteiger partial charge in [0.25, 0.3) is 0 Å². The average molecular weight is 228 g/mol. The molecule has 1 atom stereocenters. The molecule has 0 aromatic carbocycles. The second-order valence-electron chi connectivity index (χ2n) is 3.79. The summed E-state index contributed by atoms with van der Waals surface area (Å²) in [5, 5.41) is 11.8. The number of rotatable bonds is 5. The predicted octanol–water partition coefficient (Wildman–Crippen LogP) is 1.60. The molecule has 84 valence electrons. The fraction of sp³-hybridized carbons (Fsp3) is 0.600. The molecule has 1 aromatic heterocycles. The number of hydrogen-bond acceptors (Lipinski definition) is 4. The van der Waals surface area contributed by atoms with Crippen molar-refractivity contribution in [1.82, 2.24) is 9.88 Å². The maximum Gasteiger partial charge on any atom is 0.307 e. The Morgan fingerprint density at radius 2 is 2.40 bits per heavy atom. The Hall–Kier alpha value is -0.940. The zero-order valence-electron chi connectivity index (χ0n) is 9.23. The van der Waals surface area contributed by atoms with Gasteiger partial charge in [-0.25, -0.2) is 4.98 Å². The predicted molar refractivity (Wildman–Crippen MR) is 60.0 cm³/mol. The Morgan fingerprint density at radius 1 is 1.73 bits per heavy atom. The summed E-state index contributed by atoms with van der Waals surface area (Å²) in [4.78, 5) is 17.0. The van der Waals surface area contributed by atoms with Crippen molar-refractivity contribution >= 4 is 17.3 Å². The van der Waals surface area contributed by atoms with Crippen molar-refractivity contribution in [3.05, 3.63) is 16.1 Å². The lowest BCUT2D eigenvalue weighted by Crippen LogP contribution is -2.28. The van der Waals surface area contributed by atoms with Gasteiger partial charge in [-0.1, -0.05) is 6.92 Å². The van der Waals surface area contributed by atoms with Gasteiger partial charge in [-0.05, 0) is 14.0 Å². The highest BCUT2D eigenvalue weighted by Gasteiger charge is 2.14. The molecule has 0 bridgehead atoms. The minimum Gasteiger partial charge on any atom is -0.481 e. The van der Waals surface area contributed by atoms with Gasteiger partial charge in [0.05, 0.1) is 16.6 Å². The zero-order chi connectivity index (χ0) is 11.4. The van der Waals surface area contributed by atoms with E-state index in [-0.39, 0.29) is 5.92 Å². The van der Waals surface area contributed by atoms with Crippen LogP contribution in [0.25, 0.3) is 0 Å². The summed E-state index contributed by atoms with van der Waals surface area (Å²) in [5.41, 5.74) is 1.01. The lowest BCUT2D eigenvalue weighted by atomic mass is 10.2. The number of hydrogen-bond donors (Lipinski definition) is 1. The van der Waals surface area contributed by atoms with Crippen molar-refractivity contribution in [2.24, 2.45) is 5.92 Å². The summed E-state index contributed by atoms with van der Waals surface area (Å²) in [5.74, 6) is -1.09. The summed E-state index contributed by atoms with van der Waals surface area (Å²) < 4.78 is 0. The molecular weight excluding hydrogens is 212 g/mol. The molecule has 1 rings (SSSR count). The number of aliphatic carboxylic acids is 1. The monoisotopic (exact) mass is 228 g/mol. The van der Waals surface area contributed by atoms with E-state index >= 15 is 0 Å². The molecule has 0 aliphatic heterocycles. The Bertz CT molecular complexity index is 338. The SMILES string of the molecule is Cc1nc(CN(C)CC(C)C(=O)O)cs1. The second-order valence-corrected chi connectivity index (χ2v) is 4.86. The van der Waals surface area contributed by atoms with Crippen molar-refractivity contribution in [3.8, 4) is 0 Å². The van der Waals surface area contributed by atoms with E-state index in [4.69, 9.17) is 5.11 Å². The van der Waals surface area contributed by atoms with Crippen LogP contribution in [0.15, 0.2) is 5.38 Å². The van der Waals surface area contributed by atoms with Crippen LogP contribution in [0, 0.1) is 12.8 Å². The molecule has 0 amide bonds. The van der Waals surface area contributed by atoms with Gasteiger partial charge in [0.1, 0.15) is 0 Å². The molecule has 1 N–H and O–H groups in total. The third-order valence-corrected chi connectivity index (χ3v) is 2.93. The third-order valence-electron chi connectivity index (χ3n) is 2.11. The number of thiazole rings is 1. The minimum atomic E-state index is -0.753. The highest BCUT2D eigenvalue weighted by Crippen LogP contribution is 2.10. The number of carbonyl (C=O) groups is 1. The van der Waals surface area contributed by atoms with E-state index in [0.29, 0.717) is 13.1 Å². The van der Waals surface area contributed by atoms with Crippen LogP contribution >= 0.6 is 11.3 Å². The molecule has 0 radical (unpaired) electrons. The Labute approximate surface area is 93.6 Å². The van der Waals surface area contributed by atoms with Gasteiger partial charge in [-0.15, -0.1) is 11.3 Å². The van der Waals surface area contributed by atoms with E-state index in [1.54, 1.807) is 18.3 Å². The number of carboxylic acid groups (broad SMARTS) is 1. The molecule has 0 aliphatic rings. The second kappa shape index (κ2) is 5.23. The maximum atomic E-state index is 10.7. The lowest BCUT2D eigenvalue weighted by Gasteiger charge is -2.17. The minimum absolute atomic E-state index is 0.338. The Kier molecular flexibility index (Phi) is 4.23. The number of carboxylic acids is 1. The van der Waals surface area contributed by atoms with E-state index in [2.05, 4.69) is 4.98 Å². The van der Waals surface area contributed by atoms with Crippen molar-refractivity contribution < 1.29 is 9.90 Å². The molecule has 5 heteroatoms. The molecular formula is C10H16N2O2S. The van der Waals surface area contributed by atoms with Crippen LogP contribution in [0.5, 0.6) is 0 Å². The number of aromatic nitrogens is 1. The van der Waals surface area contributed by atoms with Crippen LogP contribution in [-0.2, 0) is 11.3 Å². The first-order valence-electron chi connectivity index (χ1n) is 4.81. The number of aryl methyl sites for hydroxylation is 1. The highest BCUT2D eigenvalue weighted by atomic mass is 32.1. The van der Waals surface area contributed by atoms with Crippen molar-refractivity contribution in [3.63, 3.8) is 0 Å². The van der Waals surface area contributed by atoms with Crippen LogP contribution in [0.3, 0.4) is 0 Å². The molecule has 1 aromatic rings. The van der Waals surface area contributed by atoms with Crippen molar-refractivity contribution in [2.45, 2.75) is 20.4 Å². The fourth-order valence-corrected chi connectivity index (χ4v) is 1.97. The van der Waals surface area contributed by atoms with Gasteiger partial charge in [-0.2, -0.15) is 0 Å². The lowest BCUT2D eigenvalue weighted by molar-refractivity contribution is -0.141. The van der Waals surface area contributed by atoms with E-state index in [9.17, 15) is 4.79 Å². The first-order valence-corrected chi connectivity index (χ1v) is 5.69. The molecule has 0 spiro atoms. The molecule has 1 heterocycles. The van der Waals surface area contributed by atoms with Crippen molar-refractivity contribution in [2.75, 3.05) is 13.6 Å². The molecule has 0 saturated heterocycles. The molecule has 4 nitrogen and oxygen atoms in total. The summed E-state index contributed by atoms with van der Waals surface area (Å²) >= 11 is 1.62. The topological polar surface area (TPSA) is 53.4 Å². The first-order chi connectivity index (χ1) is 6.99. The largest absolute Gasteiger partial charge is 0.481 e. The van der Waals surface area contributed by atoms with E-state index in [1.807, 2.05) is 24.3 Å². The molecule has 0 saturated carbocycles. The smallest absolute Gasteiger partial charge is 0.307 e. The van der Waals surface area contributed by atoms with Gasteiger partial charge in [0, 0.05) is 18.5 Å². The Morgan fingerprint density at radius 3 is 2.87 bits per heavy atom. The first kappa shape index (κ1) is 12.1. The number of nitrogens with zero attached hydrogens (tertiary/aromatic N) is 2. The van der Waals surface area contributed by atoms with Crippen molar-refractivity contribution in [1.29, 1.82) is 0 Å². The van der Waals surface area contributed by atoms with Crippen LogP contribution < -0.4 is 0 Å². The van der Waals surface area contributed by atoms with E-state index < -0.39 is 5.97 Å². The summed E-state index contributed by atoms with van der Waals surface area (Å²) in [7, 11) is 1.91. The summed E-state index contributed by atoms with van der Waals surface area (Å²) in [6.07, 6.45) is 0. The van der Waals surface area contributed by atoms with Gasteiger partial charge < -0.3 is 5.11 Å².